The van der Waals surface area contributed by atoms with E-state index in [1.54, 1.807) is 30.8 Å². The lowest BCUT2D eigenvalue weighted by Gasteiger charge is -2.13. The number of carbonyl (C=O) groups excluding carboxylic acids is 2. The van der Waals surface area contributed by atoms with Crippen LogP contribution in [0.25, 0.3) is 9.88 Å². The lowest BCUT2D eigenvalue weighted by atomic mass is 10.1. The van der Waals surface area contributed by atoms with Crippen LogP contribution in [0.5, 0.6) is 5.75 Å². The van der Waals surface area contributed by atoms with Crippen LogP contribution in [0.1, 0.15) is 23.0 Å². The van der Waals surface area contributed by atoms with Gasteiger partial charge in [-0.1, -0.05) is 18.2 Å². The van der Waals surface area contributed by atoms with Gasteiger partial charge in [0.2, 0.25) is 0 Å². The van der Waals surface area contributed by atoms with Crippen LogP contribution >= 0.6 is 22.7 Å². The number of hydrogen-bond acceptors (Lipinski definition) is 7. The van der Waals surface area contributed by atoms with Crippen molar-refractivity contribution >= 4 is 34.6 Å². The number of amides is 1. The lowest BCUT2D eigenvalue weighted by molar-refractivity contribution is -0.129. The van der Waals surface area contributed by atoms with Gasteiger partial charge in [0.05, 0.1) is 12.0 Å². The second-order valence-electron chi connectivity index (χ2n) is 5.95. The maximum atomic E-state index is 12.2. The number of nitrogens with zero attached hydrogens (tertiary/aromatic N) is 1. The Morgan fingerprint density at radius 2 is 1.96 bits per heavy atom. The van der Waals surface area contributed by atoms with Gasteiger partial charge >= 0.3 is 5.97 Å². The number of thiazole rings is 1. The molecular formula is C20H20N2O4S2. The van der Waals surface area contributed by atoms with Gasteiger partial charge < -0.3 is 14.8 Å². The van der Waals surface area contributed by atoms with Gasteiger partial charge in [0.1, 0.15) is 10.8 Å². The molecule has 0 radical (unpaired) electrons. The van der Waals surface area contributed by atoms with Crippen LogP contribution < -0.4 is 10.1 Å². The van der Waals surface area contributed by atoms with Gasteiger partial charge in [-0.2, -0.15) is 0 Å². The third kappa shape index (κ3) is 5.17. The highest BCUT2D eigenvalue weighted by Gasteiger charge is 2.21. The minimum absolute atomic E-state index is 0.214. The molecule has 3 aromatic rings. The second kappa shape index (κ2) is 9.48. The summed E-state index contributed by atoms with van der Waals surface area (Å²) in [6.45, 7) is 2.00. The third-order valence-electron chi connectivity index (χ3n) is 3.97. The molecule has 0 saturated carbocycles. The van der Waals surface area contributed by atoms with Gasteiger partial charge in [0.15, 0.2) is 11.8 Å². The number of thiophene rings is 1. The molecule has 1 aromatic carbocycles. The standard InChI is InChI=1S/C20H20N2O4S2/c1-13(18(23)21-10-9-14-5-7-15(25-2)8-6-14)26-20(24)16-12-28-19(22-16)17-4-3-11-27-17/h3-8,11-13H,9-10H2,1-2H3,(H,21,23)/t13-/m0/s1. The molecule has 28 heavy (non-hydrogen) atoms. The van der Waals surface area contributed by atoms with Crippen molar-refractivity contribution in [2.75, 3.05) is 13.7 Å². The van der Waals surface area contributed by atoms with Crippen LogP contribution in [0, 0.1) is 0 Å². The van der Waals surface area contributed by atoms with E-state index in [-0.39, 0.29) is 11.6 Å². The number of benzene rings is 1. The van der Waals surface area contributed by atoms with Gasteiger partial charge in [-0.05, 0) is 42.5 Å². The summed E-state index contributed by atoms with van der Waals surface area (Å²) in [6, 6.07) is 11.5. The van der Waals surface area contributed by atoms with Crippen LogP contribution in [0.3, 0.4) is 0 Å². The molecular weight excluding hydrogens is 396 g/mol. The summed E-state index contributed by atoms with van der Waals surface area (Å²) in [6.07, 6.45) is -0.220. The molecule has 0 aliphatic rings. The van der Waals surface area contributed by atoms with Crippen LogP contribution in [0.4, 0.5) is 0 Å². The fraction of sp³-hybridized carbons (Fsp3) is 0.250. The van der Waals surface area contributed by atoms with E-state index in [1.165, 1.54) is 11.3 Å². The van der Waals surface area contributed by atoms with E-state index in [0.29, 0.717) is 13.0 Å². The second-order valence-corrected chi connectivity index (χ2v) is 7.76. The van der Waals surface area contributed by atoms with Crippen molar-refractivity contribution in [2.24, 2.45) is 0 Å². The van der Waals surface area contributed by atoms with Crippen molar-refractivity contribution in [2.45, 2.75) is 19.4 Å². The molecule has 0 saturated heterocycles. The zero-order valence-corrected chi connectivity index (χ0v) is 17.1. The number of rotatable bonds is 8. The maximum absolute atomic E-state index is 12.2. The highest BCUT2D eigenvalue weighted by molar-refractivity contribution is 7.20. The fourth-order valence-corrected chi connectivity index (χ4v) is 4.02. The fourth-order valence-electron chi connectivity index (χ4n) is 2.42. The molecule has 1 N–H and O–H groups in total. The Morgan fingerprint density at radius 1 is 1.18 bits per heavy atom. The molecule has 1 atom stereocenters. The molecule has 3 rings (SSSR count). The van der Waals surface area contributed by atoms with Gasteiger partial charge in [-0.25, -0.2) is 9.78 Å². The maximum Gasteiger partial charge on any atom is 0.358 e. The molecule has 1 amide bonds. The number of ether oxygens (including phenoxy) is 2. The van der Waals surface area contributed by atoms with Crippen molar-refractivity contribution in [1.29, 1.82) is 0 Å². The van der Waals surface area contributed by atoms with Crippen molar-refractivity contribution < 1.29 is 19.1 Å². The molecule has 2 heterocycles. The van der Waals surface area contributed by atoms with Crippen LogP contribution in [-0.2, 0) is 16.0 Å². The Kier molecular flexibility index (Phi) is 6.78. The summed E-state index contributed by atoms with van der Waals surface area (Å²) < 4.78 is 10.4. The molecule has 0 fully saturated rings. The van der Waals surface area contributed by atoms with E-state index in [9.17, 15) is 9.59 Å². The van der Waals surface area contributed by atoms with Gasteiger partial charge in [0.25, 0.3) is 5.91 Å². The summed E-state index contributed by atoms with van der Waals surface area (Å²) in [5, 5.41) is 7.14. The minimum Gasteiger partial charge on any atom is -0.497 e. The minimum atomic E-state index is -0.893. The summed E-state index contributed by atoms with van der Waals surface area (Å²) in [4.78, 5) is 29.7. The molecule has 0 unspecified atom stereocenters. The SMILES string of the molecule is COc1ccc(CCNC(=O)[C@H](C)OC(=O)c2csc(-c3cccs3)n2)cc1. The Bertz CT molecular complexity index is 920. The van der Waals surface area contributed by atoms with E-state index in [1.807, 2.05) is 41.8 Å². The molecule has 2 aromatic heterocycles. The first-order chi connectivity index (χ1) is 13.6. The van der Waals surface area contributed by atoms with Crippen LogP contribution in [-0.4, -0.2) is 36.6 Å². The summed E-state index contributed by atoms with van der Waals surface area (Å²) in [5.41, 5.74) is 1.29. The summed E-state index contributed by atoms with van der Waals surface area (Å²) in [5.74, 6) is -0.148. The third-order valence-corrected chi connectivity index (χ3v) is 5.85. The van der Waals surface area contributed by atoms with Crippen molar-refractivity contribution in [1.82, 2.24) is 10.3 Å². The largest absolute Gasteiger partial charge is 0.497 e. The Morgan fingerprint density at radius 3 is 2.64 bits per heavy atom. The monoisotopic (exact) mass is 416 g/mol. The van der Waals surface area contributed by atoms with E-state index in [2.05, 4.69) is 10.3 Å². The summed E-state index contributed by atoms with van der Waals surface area (Å²) in [7, 11) is 1.62. The average Bonchev–Trinajstić information content (AvgIpc) is 3.40. The van der Waals surface area contributed by atoms with Crippen molar-refractivity contribution in [3.8, 4) is 15.6 Å². The molecule has 0 aliphatic carbocycles. The van der Waals surface area contributed by atoms with E-state index < -0.39 is 12.1 Å². The van der Waals surface area contributed by atoms with Gasteiger partial charge in [-0.15, -0.1) is 22.7 Å². The van der Waals surface area contributed by atoms with E-state index >= 15 is 0 Å². The zero-order valence-electron chi connectivity index (χ0n) is 15.5. The topological polar surface area (TPSA) is 77.5 Å². The lowest BCUT2D eigenvalue weighted by Crippen LogP contribution is -2.37. The van der Waals surface area contributed by atoms with E-state index in [0.717, 1.165) is 21.2 Å². The van der Waals surface area contributed by atoms with Gasteiger partial charge in [-0.3, -0.25) is 4.79 Å². The average molecular weight is 417 g/mol. The Labute approximate surface area is 171 Å². The van der Waals surface area contributed by atoms with Crippen molar-refractivity contribution in [3.05, 3.63) is 58.4 Å². The number of esters is 1. The van der Waals surface area contributed by atoms with Gasteiger partial charge in [0, 0.05) is 11.9 Å². The van der Waals surface area contributed by atoms with Crippen molar-refractivity contribution in [3.63, 3.8) is 0 Å². The zero-order chi connectivity index (χ0) is 19.9. The molecule has 0 spiro atoms. The first kappa shape index (κ1) is 20.0. The molecule has 8 heteroatoms. The first-order valence-electron chi connectivity index (χ1n) is 8.68. The molecule has 6 nitrogen and oxygen atoms in total. The number of hydrogen-bond donors (Lipinski definition) is 1. The smallest absolute Gasteiger partial charge is 0.358 e. The van der Waals surface area contributed by atoms with Crippen LogP contribution in [0.15, 0.2) is 47.2 Å². The molecule has 0 bridgehead atoms. The predicted octanol–water partition coefficient (Wildman–Crippen LogP) is 3.78. The highest BCUT2D eigenvalue weighted by atomic mass is 32.1. The molecule has 146 valence electrons. The molecule has 0 aliphatic heterocycles. The highest BCUT2D eigenvalue weighted by Crippen LogP contribution is 2.28. The number of aromatic nitrogens is 1. The summed E-state index contributed by atoms with van der Waals surface area (Å²) >= 11 is 2.93. The number of nitrogens with one attached hydrogen (secondary N) is 1. The quantitative estimate of drug-likeness (QED) is 0.566. The van der Waals surface area contributed by atoms with Crippen LogP contribution in [0.2, 0.25) is 0 Å². The Balaban J connectivity index is 1.46. The number of methoxy groups -OCH3 is 1. The first-order valence-corrected chi connectivity index (χ1v) is 10.4. The van der Waals surface area contributed by atoms with E-state index in [4.69, 9.17) is 9.47 Å². The normalized spacial score (nSPS) is 11.6. The predicted molar refractivity (Wildman–Crippen MR) is 110 cm³/mol. The Hall–Kier alpha value is -2.71. The number of carbonyl (C=O) groups is 2.